The molecule has 0 radical (unpaired) electrons. The van der Waals surface area contributed by atoms with Crippen LogP contribution in [0.5, 0.6) is 0 Å². The van der Waals surface area contributed by atoms with Crippen molar-refractivity contribution in [1.29, 1.82) is 0 Å². The van der Waals surface area contributed by atoms with Gasteiger partial charge in [0.15, 0.2) is 0 Å². The number of aliphatic hydroxyl groups is 1. The Morgan fingerprint density at radius 3 is 2.61 bits per heavy atom. The molecule has 0 aliphatic heterocycles. The molecular weight excluding hydrogens is 287 g/mol. The van der Waals surface area contributed by atoms with Crippen LogP contribution in [0.2, 0.25) is 10.0 Å². The van der Waals surface area contributed by atoms with E-state index >= 15 is 0 Å². The minimum Gasteiger partial charge on any atom is -0.393 e. The fraction of sp³-hybridized carbons (Fsp3) is 0.286. The molecule has 18 heavy (non-hydrogen) atoms. The summed E-state index contributed by atoms with van der Waals surface area (Å²) in [5, 5.41) is 15.3. The van der Waals surface area contributed by atoms with Gasteiger partial charge >= 0.3 is 0 Å². The van der Waals surface area contributed by atoms with E-state index in [0.717, 1.165) is 18.4 Å². The van der Waals surface area contributed by atoms with Gasteiger partial charge in [0.2, 0.25) is 0 Å². The Balaban J connectivity index is 1.86. The molecule has 0 saturated carbocycles. The Morgan fingerprint density at radius 2 is 1.94 bits per heavy atom. The number of hydrogen-bond donors (Lipinski definition) is 1. The quantitative estimate of drug-likeness (QED) is 0.856. The summed E-state index contributed by atoms with van der Waals surface area (Å²) in [6.07, 6.45) is 1.94. The molecule has 1 heterocycles. The van der Waals surface area contributed by atoms with Crippen LogP contribution in [0, 0.1) is 0 Å². The molecule has 1 unspecified atom stereocenters. The van der Waals surface area contributed by atoms with E-state index in [1.165, 1.54) is 5.56 Å². The highest BCUT2D eigenvalue weighted by molar-refractivity contribution is 7.07. The van der Waals surface area contributed by atoms with Crippen molar-refractivity contribution >= 4 is 34.5 Å². The Kier molecular flexibility index (Phi) is 5.07. The molecule has 1 nitrogen and oxygen atoms in total. The monoisotopic (exact) mass is 300 g/mol. The number of aryl methyl sites for hydroxylation is 1. The van der Waals surface area contributed by atoms with Crippen LogP contribution in [0.3, 0.4) is 0 Å². The summed E-state index contributed by atoms with van der Waals surface area (Å²) in [6, 6.07) is 7.58. The van der Waals surface area contributed by atoms with E-state index in [1.54, 1.807) is 17.4 Å². The lowest BCUT2D eigenvalue weighted by atomic mass is 10.0. The topological polar surface area (TPSA) is 20.2 Å². The molecule has 0 spiro atoms. The molecule has 2 aromatic rings. The lowest BCUT2D eigenvalue weighted by Crippen LogP contribution is -2.11. The molecule has 0 aliphatic rings. The van der Waals surface area contributed by atoms with Crippen LogP contribution in [0.25, 0.3) is 0 Å². The molecule has 0 fully saturated rings. The van der Waals surface area contributed by atoms with Crippen LogP contribution in [0.15, 0.2) is 35.0 Å². The minimum atomic E-state index is -0.345. The Morgan fingerprint density at radius 1 is 1.11 bits per heavy atom. The third-order valence-corrected chi connectivity index (χ3v) is 4.27. The molecule has 1 aromatic carbocycles. The second-order valence-electron chi connectivity index (χ2n) is 4.28. The van der Waals surface area contributed by atoms with E-state index in [0.29, 0.717) is 16.5 Å². The van der Waals surface area contributed by atoms with E-state index in [2.05, 4.69) is 16.8 Å². The Hall–Kier alpha value is -0.540. The molecule has 0 aliphatic carbocycles. The van der Waals surface area contributed by atoms with Crippen molar-refractivity contribution in [3.63, 3.8) is 0 Å². The Labute approximate surface area is 121 Å². The van der Waals surface area contributed by atoms with Gasteiger partial charge < -0.3 is 5.11 Å². The van der Waals surface area contributed by atoms with Crippen molar-refractivity contribution in [2.45, 2.75) is 25.4 Å². The maximum absolute atomic E-state index is 9.99. The molecule has 4 heteroatoms. The summed E-state index contributed by atoms with van der Waals surface area (Å²) in [5.74, 6) is 0. The molecule has 2 rings (SSSR count). The number of halogens is 2. The normalized spacial score (nSPS) is 12.6. The fourth-order valence-corrected chi connectivity index (χ4v) is 2.83. The third-order valence-electron chi connectivity index (χ3n) is 2.80. The predicted octanol–water partition coefficient (Wildman–Crippen LogP) is 4.59. The lowest BCUT2D eigenvalue weighted by Gasteiger charge is -2.10. The van der Waals surface area contributed by atoms with Crippen LogP contribution in [-0.4, -0.2) is 11.2 Å². The largest absolute Gasteiger partial charge is 0.393 e. The second kappa shape index (κ2) is 6.58. The molecule has 0 amide bonds. The maximum atomic E-state index is 9.99. The van der Waals surface area contributed by atoms with Crippen LogP contribution in [0.4, 0.5) is 0 Å². The molecule has 0 bridgehead atoms. The average molecular weight is 301 g/mol. The number of aliphatic hydroxyl groups excluding tert-OH is 1. The van der Waals surface area contributed by atoms with Crippen molar-refractivity contribution < 1.29 is 5.11 Å². The molecule has 1 atom stereocenters. The average Bonchev–Trinajstić information content (AvgIpc) is 2.84. The van der Waals surface area contributed by atoms with E-state index in [-0.39, 0.29) is 6.10 Å². The number of thiophene rings is 1. The molecule has 96 valence electrons. The number of rotatable bonds is 5. The van der Waals surface area contributed by atoms with Crippen molar-refractivity contribution in [2.75, 3.05) is 0 Å². The van der Waals surface area contributed by atoms with Crippen molar-refractivity contribution in [1.82, 2.24) is 0 Å². The van der Waals surface area contributed by atoms with E-state index in [4.69, 9.17) is 23.2 Å². The highest BCUT2D eigenvalue weighted by Gasteiger charge is 2.08. The smallest absolute Gasteiger partial charge is 0.0595 e. The van der Waals surface area contributed by atoms with Crippen LogP contribution >= 0.6 is 34.5 Å². The van der Waals surface area contributed by atoms with E-state index < -0.39 is 0 Å². The highest BCUT2D eigenvalue weighted by Crippen LogP contribution is 2.23. The van der Waals surface area contributed by atoms with Crippen LogP contribution < -0.4 is 0 Å². The van der Waals surface area contributed by atoms with Gasteiger partial charge in [-0.25, -0.2) is 0 Å². The van der Waals surface area contributed by atoms with Gasteiger partial charge in [0.05, 0.1) is 16.1 Å². The molecule has 1 N–H and O–H groups in total. The van der Waals surface area contributed by atoms with Gasteiger partial charge in [-0.3, -0.25) is 0 Å². The number of hydrogen-bond acceptors (Lipinski definition) is 2. The maximum Gasteiger partial charge on any atom is 0.0595 e. The zero-order valence-corrected chi connectivity index (χ0v) is 12.1. The first kappa shape index (κ1) is 13.9. The third kappa shape index (κ3) is 3.99. The zero-order valence-electron chi connectivity index (χ0n) is 9.77. The first-order chi connectivity index (χ1) is 8.65. The van der Waals surface area contributed by atoms with Gasteiger partial charge in [-0.1, -0.05) is 29.3 Å². The standard InChI is InChI=1S/C14H14Cl2OS/c15-13-4-2-11(8-14(13)16)7-12(17)3-1-10-5-6-18-9-10/h2,4-6,8-9,12,17H,1,3,7H2. The van der Waals surface area contributed by atoms with Gasteiger partial charge in [0.1, 0.15) is 0 Å². The van der Waals surface area contributed by atoms with Gasteiger partial charge in [-0.2, -0.15) is 11.3 Å². The van der Waals surface area contributed by atoms with Gasteiger partial charge in [0, 0.05) is 0 Å². The summed E-state index contributed by atoms with van der Waals surface area (Å²) in [6.45, 7) is 0. The van der Waals surface area contributed by atoms with Crippen molar-refractivity contribution in [3.8, 4) is 0 Å². The fourth-order valence-electron chi connectivity index (χ4n) is 1.81. The number of benzene rings is 1. The van der Waals surface area contributed by atoms with Crippen molar-refractivity contribution in [2.24, 2.45) is 0 Å². The lowest BCUT2D eigenvalue weighted by molar-refractivity contribution is 0.165. The van der Waals surface area contributed by atoms with E-state index in [1.807, 2.05) is 12.1 Å². The molecular formula is C14H14Cl2OS. The molecule has 1 aromatic heterocycles. The van der Waals surface area contributed by atoms with Gasteiger partial charge in [-0.15, -0.1) is 0 Å². The summed E-state index contributed by atoms with van der Waals surface area (Å²) in [7, 11) is 0. The van der Waals surface area contributed by atoms with Gasteiger partial charge in [-0.05, 0) is 59.3 Å². The van der Waals surface area contributed by atoms with Crippen LogP contribution in [0.1, 0.15) is 17.5 Å². The summed E-state index contributed by atoms with van der Waals surface area (Å²) in [4.78, 5) is 0. The second-order valence-corrected chi connectivity index (χ2v) is 5.87. The predicted molar refractivity (Wildman–Crippen MR) is 78.8 cm³/mol. The summed E-state index contributed by atoms with van der Waals surface area (Å²) < 4.78 is 0. The highest BCUT2D eigenvalue weighted by atomic mass is 35.5. The van der Waals surface area contributed by atoms with Crippen LogP contribution in [-0.2, 0) is 12.8 Å². The van der Waals surface area contributed by atoms with Gasteiger partial charge in [0.25, 0.3) is 0 Å². The SMILES string of the molecule is OC(CCc1ccsc1)Cc1ccc(Cl)c(Cl)c1. The first-order valence-corrected chi connectivity index (χ1v) is 7.48. The van der Waals surface area contributed by atoms with E-state index in [9.17, 15) is 5.11 Å². The minimum absolute atomic E-state index is 0.345. The van der Waals surface area contributed by atoms with Crippen molar-refractivity contribution in [3.05, 3.63) is 56.2 Å². The Bertz CT molecular complexity index is 497. The molecule has 0 saturated heterocycles. The summed E-state index contributed by atoms with van der Waals surface area (Å²) >= 11 is 13.5. The summed E-state index contributed by atoms with van der Waals surface area (Å²) in [5.41, 5.74) is 2.30. The zero-order chi connectivity index (χ0) is 13.0. The first-order valence-electron chi connectivity index (χ1n) is 5.78.